The average molecular weight is 667 g/mol. The molecule has 1 aliphatic carbocycles. The van der Waals surface area contributed by atoms with Crippen LogP contribution in [0, 0.1) is 0 Å². The van der Waals surface area contributed by atoms with E-state index >= 15 is 0 Å². The number of methoxy groups -OCH3 is 4. The zero-order valence-corrected chi connectivity index (χ0v) is 27.0. The molecule has 0 fully saturated rings. The fourth-order valence-electron chi connectivity index (χ4n) is 4.99. The molecular weight excluding hydrogens is 632 g/mol. The van der Waals surface area contributed by atoms with Crippen LogP contribution in [0.3, 0.4) is 0 Å². The van der Waals surface area contributed by atoms with Crippen LogP contribution < -0.4 is 24.4 Å². The van der Waals surface area contributed by atoms with Crippen LogP contribution in [0.5, 0.6) is 23.0 Å². The lowest BCUT2D eigenvalue weighted by Gasteiger charge is -2.20. The molecule has 0 atom stereocenters. The summed E-state index contributed by atoms with van der Waals surface area (Å²) in [5.74, 6) is -0.475. The molecule has 0 aliphatic heterocycles. The van der Waals surface area contributed by atoms with Crippen LogP contribution in [0.15, 0.2) is 52.1 Å². The van der Waals surface area contributed by atoms with Crippen molar-refractivity contribution in [2.24, 2.45) is 7.05 Å². The number of hydrogen-bond acceptors (Lipinski definition) is 14. The summed E-state index contributed by atoms with van der Waals surface area (Å²) < 4.78 is 56.1. The van der Waals surface area contributed by atoms with Gasteiger partial charge in [0, 0.05) is 65.1 Å². The Balaban J connectivity index is 1.63. The molecule has 0 N–H and O–H groups in total. The summed E-state index contributed by atoms with van der Waals surface area (Å²) in [6, 6.07) is 4.57. The Hall–Kier alpha value is -5.22. The standard InChI is InChI=1S/C33H34N2O13/c1-35-9-8-34-27(35)14-44-33(38)29-28-25(12-26(47-17-41-4)32(29)48-18-42-5)43-13-22(31(28)37)20-7-6-19-10-23(45-15-39-2)24(46-16-40-3)11-21(19)30(20)36/h7-13H,6,14-18H2,1-5H3. The summed E-state index contributed by atoms with van der Waals surface area (Å²) in [5.41, 5.74) is -0.0995. The summed E-state index contributed by atoms with van der Waals surface area (Å²) in [5, 5.41) is -0.194. The number of fused-ring (bicyclic) bond motifs is 2. The van der Waals surface area contributed by atoms with Crippen molar-refractivity contribution >= 4 is 28.3 Å². The predicted molar refractivity (Wildman–Crippen MR) is 167 cm³/mol. The number of esters is 1. The highest BCUT2D eigenvalue weighted by molar-refractivity contribution is 6.30. The molecular formula is C33H34N2O13. The number of allylic oxidation sites excluding steroid dienone is 2. The first-order chi connectivity index (χ1) is 23.3. The van der Waals surface area contributed by atoms with E-state index in [2.05, 4.69) is 4.98 Å². The van der Waals surface area contributed by atoms with Gasteiger partial charge in [0.05, 0.1) is 10.9 Å². The Bertz CT molecular complexity index is 1890. The maximum Gasteiger partial charge on any atom is 0.343 e. The van der Waals surface area contributed by atoms with E-state index in [1.165, 1.54) is 40.6 Å². The highest BCUT2D eigenvalue weighted by atomic mass is 16.7. The van der Waals surface area contributed by atoms with Gasteiger partial charge in [0.25, 0.3) is 0 Å². The maximum atomic E-state index is 14.3. The van der Waals surface area contributed by atoms with E-state index in [4.69, 9.17) is 47.0 Å². The van der Waals surface area contributed by atoms with Crippen LogP contribution >= 0.6 is 0 Å². The lowest BCUT2D eigenvalue weighted by molar-refractivity contribution is 0.0289. The first-order valence-electron chi connectivity index (χ1n) is 14.5. The third kappa shape index (κ3) is 7.03. The van der Waals surface area contributed by atoms with Crippen LogP contribution in [0.25, 0.3) is 16.5 Å². The molecule has 48 heavy (non-hydrogen) atoms. The Kier molecular flexibility index (Phi) is 11.1. The first kappa shape index (κ1) is 34.1. The van der Waals surface area contributed by atoms with E-state index < -0.39 is 17.2 Å². The van der Waals surface area contributed by atoms with Crippen molar-refractivity contribution in [2.75, 3.05) is 55.6 Å². The number of rotatable bonds is 16. The lowest BCUT2D eigenvalue weighted by Crippen LogP contribution is -2.21. The summed E-state index contributed by atoms with van der Waals surface area (Å²) in [7, 11) is 7.48. The Labute approximate surface area is 274 Å². The highest BCUT2D eigenvalue weighted by Gasteiger charge is 2.31. The Morgan fingerprint density at radius 1 is 0.854 bits per heavy atom. The van der Waals surface area contributed by atoms with Gasteiger partial charge in [0.15, 0.2) is 56.0 Å². The number of ether oxygens (including phenoxy) is 9. The summed E-state index contributed by atoms with van der Waals surface area (Å²) in [4.78, 5) is 46.2. The second-order valence-electron chi connectivity index (χ2n) is 10.3. The van der Waals surface area contributed by atoms with Gasteiger partial charge in [0.1, 0.15) is 29.8 Å². The topological polar surface area (TPSA) is 165 Å². The molecule has 254 valence electrons. The molecule has 15 heteroatoms. The SMILES string of the molecule is COCOc1cc2c(cc1OCOC)C(=O)C(c1coc3cc(OCOC)c(OCOC)c(C(=O)OCc4nccn4C)c3c1=O)=CC2. The number of nitrogens with zero attached hydrogens (tertiary/aromatic N) is 2. The van der Waals surface area contributed by atoms with Gasteiger partial charge < -0.3 is 51.6 Å². The van der Waals surface area contributed by atoms with Gasteiger partial charge in [-0.25, -0.2) is 9.78 Å². The number of hydrogen-bond donors (Lipinski definition) is 0. The minimum absolute atomic E-state index is 0.0250. The van der Waals surface area contributed by atoms with E-state index in [1.807, 2.05) is 0 Å². The monoisotopic (exact) mass is 666 g/mol. The van der Waals surface area contributed by atoms with Gasteiger partial charge in [-0.15, -0.1) is 0 Å². The average Bonchev–Trinajstić information content (AvgIpc) is 3.51. The molecule has 2 aromatic heterocycles. The van der Waals surface area contributed by atoms with Crippen molar-refractivity contribution in [2.45, 2.75) is 13.0 Å². The maximum absolute atomic E-state index is 14.3. The Morgan fingerprint density at radius 2 is 1.50 bits per heavy atom. The number of aryl methyl sites for hydroxylation is 1. The van der Waals surface area contributed by atoms with Crippen molar-refractivity contribution in [3.8, 4) is 23.0 Å². The molecule has 0 bridgehead atoms. The molecule has 0 saturated heterocycles. The third-order valence-electron chi connectivity index (χ3n) is 7.24. The number of imidazole rings is 1. The number of ketones is 1. The third-order valence-corrected chi connectivity index (χ3v) is 7.24. The Morgan fingerprint density at radius 3 is 2.15 bits per heavy atom. The smallest absolute Gasteiger partial charge is 0.343 e. The van der Waals surface area contributed by atoms with Crippen LogP contribution in [-0.4, -0.2) is 76.9 Å². The van der Waals surface area contributed by atoms with E-state index in [0.29, 0.717) is 17.1 Å². The minimum Gasteiger partial charge on any atom is -0.464 e. The molecule has 0 amide bonds. The number of carbonyl (C=O) groups excluding carboxylic acids is 2. The lowest BCUT2D eigenvalue weighted by atomic mass is 9.86. The fourth-order valence-corrected chi connectivity index (χ4v) is 4.99. The summed E-state index contributed by atoms with van der Waals surface area (Å²) in [6.07, 6.45) is 6.29. The molecule has 15 nitrogen and oxygen atoms in total. The van der Waals surface area contributed by atoms with E-state index in [9.17, 15) is 14.4 Å². The van der Waals surface area contributed by atoms with Crippen molar-refractivity contribution in [3.05, 3.63) is 81.2 Å². The molecule has 2 heterocycles. The largest absolute Gasteiger partial charge is 0.464 e. The van der Waals surface area contributed by atoms with Crippen molar-refractivity contribution in [1.29, 1.82) is 0 Å². The summed E-state index contributed by atoms with van der Waals surface area (Å²) in [6.45, 7) is -0.880. The normalized spacial score (nSPS) is 12.4. The van der Waals surface area contributed by atoms with Gasteiger partial charge in [-0.2, -0.15) is 0 Å². The van der Waals surface area contributed by atoms with Crippen LogP contribution in [0.1, 0.15) is 37.7 Å². The van der Waals surface area contributed by atoms with Crippen molar-refractivity contribution in [1.82, 2.24) is 9.55 Å². The number of Topliss-reactive ketones (excluding diaryl/α,β-unsaturated/α-hetero) is 1. The van der Waals surface area contributed by atoms with Crippen LogP contribution in [0.4, 0.5) is 0 Å². The van der Waals surface area contributed by atoms with Gasteiger partial charge in [-0.05, 0) is 24.1 Å². The van der Waals surface area contributed by atoms with E-state index in [1.54, 1.807) is 36.2 Å². The van der Waals surface area contributed by atoms with E-state index in [-0.39, 0.29) is 90.7 Å². The highest BCUT2D eigenvalue weighted by Crippen LogP contribution is 2.40. The van der Waals surface area contributed by atoms with Crippen molar-refractivity contribution in [3.63, 3.8) is 0 Å². The van der Waals surface area contributed by atoms with Crippen LogP contribution in [-0.2, 0) is 43.8 Å². The number of benzene rings is 2. The molecule has 1 aliphatic rings. The molecule has 5 rings (SSSR count). The quantitative estimate of drug-likeness (QED) is 0.126. The molecule has 0 unspecified atom stereocenters. The molecule has 0 saturated carbocycles. The molecule has 0 radical (unpaired) electrons. The van der Waals surface area contributed by atoms with Gasteiger partial charge in [-0.1, -0.05) is 6.08 Å². The minimum atomic E-state index is -0.931. The van der Waals surface area contributed by atoms with Crippen LogP contribution in [0.2, 0.25) is 0 Å². The van der Waals surface area contributed by atoms with Gasteiger partial charge >= 0.3 is 5.97 Å². The molecule has 2 aromatic carbocycles. The predicted octanol–water partition coefficient (Wildman–Crippen LogP) is 3.64. The van der Waals surface area contributed by atoms with Crippen molar-refractivity contribution < 1.29 is 56.6 Å². The zero-order chi connectivity index (χ0) is 34.2. The molecule has 4 aromatic rings. The molecule has 0 spiro atoms. The van der Waals surface area contributed by atoms with Gasteiger partial charge in [0.2, 0.25) is 5.43 Å². The second-order valence-corrected chi connectivity index (χ2v) is 10.3. The fraction of sp³-hybridized carbons (Fsp3) is 0.333. The van der Waals surface area contributed by atoms with Gasteiger partial charge in [-0.3, -0.25) is 9.59 Å². The zero-order valence-electron chi connectivity index (χ0n) is 27.0. The van der Waals surface area contributed by atoms with E-state index in [0.717, 1.165) is 6.26 Å². The second kappa shape index (κ2) is 15.6. The number of carbonyl (C=O) groups is 2. The summed E-state index contributed by atoms with van der Waals surface area (Å²) >= 11 is 0. The number of aromatic nitrogens is 2. The first-order valence-corrected chi connectivity index (χ1v) is 14.5.